The molecule has 0 aliphatic rings. The normalized spacial score (nSPS) is 10.8. The van der Waals surface area contributed by atoms with Crippen LogP contribution >= 0.6 is 11.8 Å². The van der Waals surface area contributed by atoms with Gasteiger partial charge in [-0.2, -0.15) is 15.0 Å². The molecule has 0 saturated heterocycles. The summed E-state index contributed by atoms with van der Waals surface area (Å²) in [6.07, 6.45) is 0.911. The van der Waals surface area contributed by atoms with Crippen LogP contribution in [0.25, 0.3) is 0 Å². The monoisotopic (exact) mass is 257 g/mol. The van der Waals surface area contributed by atoms with Gasteiger partial charge in [-0.05, 0) is 20.5 Å². The number of thioether (sulfide) groups is 1. The molecule has 1 aromatic heterocycles. The third-order valence-electron chi connectivity index (χ3n) is 1.82. The first kappa shape index (κ1) is 14.0. The number of ether oxygens (including phenoxy) is 1. The fourth-order valence-corrected chi connectivity index (χ4v) is 1.93. The standard InChI is InChI=1S/C10H19N5OS/c1-4-6-16-9-12-8(11)13-10(14-9)17-7-5-15(2)3/h4-7H2,1-3H3,(H2,11,12,13,14). The quantitative estimate of drug-likeness (QED) is 0.727. The number of aromatic nitrogens is 3. The predicted molar refractivity (Wildman–Crippen MR) is 69.3 cm³/mol. The van der Waals surface area contributed by atoms with E-state index in [1.165, 1.54) is 0 Å². The molecule has 0 fully saturated rings. The molecule has 0 saturated carbocycles. The Balaban J connectivity index is 2.55. The summed E-state index contributed by atoms with van der Waals surface area (Å²) in [5.41, 5.74) is 5.60. The van der Waals surface area contributed by atoms with Gasteiger partial charge in [0.15, 0.2) is 5.16 Å². The van der Waals surface area contributed by atoms with Crippen molar-refractivity contribution < 1.29 is 4.74 Å². The summed E-state index contributed by atoms with van der Waals surface area (Å²) in [6.45, 7) is 3.57. The third kappa shape index (κ3) is 5.69. The summed E-state index contributed by atoms with van der Waals surface area (Å²) in [7, 11) is 4.05. The number of nitrogen functional groups attached to an aromatic ring is 1. The van der Waals surface area contributed by atoms with Gasteiger partial charge in [0.2, 0.25) is 5.95 Å². The molecule has 0 aromatic carbocycles. The average molecular weight is 257 g/mol. The Morgan fingerprint density at radius 3 is 2.71 bits per heavy atom. The molecule has 0 unspecified atom stereocenters. The molecule has 7 heteroatoms. The van der Waals surface area contributed by atoms with Gasteiger partial charge in [0.05, 0.1) is 6.61 Å². The first-order valence-electron chi connectivity index (χ1n) is 5.53. The van der Waals surface area contributed by atoms with E-state index in [9.17, 15) is 0 Å². The molecule has 17 heavy (non-hydrogen) atoms. The van der Waals surface area contributed by atoms with Gasteiger partial charge >= 0.3 is 6.01 Å². The molecular weight excluding hydrogens is 238 g/mol. The lowest BCUT2D eigenvalue weighted by molar-refractivity contribution is 0.288. The summed E-state index contributed by atoms with van der Waals surface area (Å²) in [5.74, 6) is 1.11. The second-order valence-corrected chi connectivity index (χ2v) is 4.82. The van der Waals surface area contributed by atoms with Crippen molar-refractivity contribution in [2.75, 3.05) is 38.7 Å². The van der Waals surface area contributed by atoms with Crippen molar-refractivity contribution in [2.45, 2.75) is 18.5 Å². The molecule has 96 valence electrons. The van der Waals surface area contributed by atoms with Crippen LogP contribution in [-0.4, -0.2) is 52.9 Å². The molecule has 1 heterocycles. The van der Waals surface area contributed by atoms with Crippen molar-refractivity contribution in [3.05, 3.63) is 0 Å². The summed E-state index contributed by atoms with van der Waals surface area (Å²) in [4.78, 5) is 14.3. The maximum absolute atomic E-state index is 5.60. The molecule has 0 aliphatic heterocycles. The van der Waals surface area contributed by atoms with E-state index in [1.807, 2.05) is 21.0 Å². The Hall–Kier alpha value is -1.08. The van der Waals surface area contributed by atoms with Crippen LogP contribution in [0, 0.1) is 0 Å². The zero-order chi connectivity index (χ0) is 12.7. The van der Waals surface area contributed by atoms with Crippen LogP contribution in [0.15, 0.2) is 5.16 Å². The summed E-state index contributed by atoms with van der Waals surface area (Å²) in [5, 5.41) is 0.616. The number of hydrogen-bond donors (Lipinski definition) is 1. The highest BCUT2D eigenvalue weighted by atomic mass is 32.2. The van der Waals surface area contributed by atoms with Crippen LogP contribution in [0.1, 0.15) is 13.3 Å². The topological polar surface area (TPSA) is 77.2 Å². The molecule has 1 aromatic rings. The van der Waals surface area contributed by atoms with Crippen molar-refractivity contribution >= 4 is 17.7 Å². The minimum Gasteiger partial charge on any atom is -0.463 e. The number of rotatable bonds is 7. The van der Waals surface area contributed by atoms with E-state index < -0.39 is 0 Å². The molecule has 1 rings (SSSR count). The number of hydrogen-bond acceptors (Lipinski definition) is 7. The van der Waals surface area contributed by atoms with Crippen molar-refractivity contribution in [3.8, 4) is 6.01 Å². The second-order valence-electron chi connectivity index (χ2n) is 3.76. The van der Waals surface area contributed by atoms with Crippen LogP contribution in [-0.2, 0) is 0 Å². The molecule has 0 atom stereocenters. The van der Waals surface area contributed by atoms with Gasteiger partial charge in [-0.15, -0.1) is 0 Å². The third-order valence-corrected chi connectivity index (χ3v) is 2.64. The highest BCUT2D eigenvalue weighted by molar-refractivity contribution is 7.99. The molecule has 6 nitrogen and oxygen atoms in total. The zero-order valence-corrected chi connectivity index (χ0v) is 11.3. The van der Waals surface area contributed by atoms with Crippen molar-refractivity contribution in [2.24, 2.45) is 0 Å². The number of anilines is 1. The maximum atomic E-state index is 5.60. The molecule has 2 N–H and O–H groups in total. The Labute approximate surface area is 106 Å². The maximum Gasteiger partial charge on any atom is 0.322 e. The number of nitrogens with zero attached hydrogens (tertiary/aromatic N) is 4. The van der Waals surface area contributed by atoms with E-state index in [4.69, 9.17) is 10.5 Å². The van der Waals surface area contributed by atoms with Crippen LogP contribution in [0.5, 0.6) is 6.01 Å². The minimum atomic E-state index is 0.207. The van der Waals surface area contributed by atoms with Gasteiger partial charge in [0.1, 0.15) is 0 Å². The van der Waals surface area contributed by atoms with Gasteiger partial charge < -0.3 is 15.4 Å². The molecule has 0 bridgehead atoms. The highest BCUT2D eigenvalue weighted by Gasteiger charge is 2.06. The van der Waals surface area contributed by atoms with Crippen molar-refractivity contribution in [1.29, 1.82) is 0 Å². The lowest BCUT2D eigenvalue weighted by Crippen LogP contribution is -2.15. The number of nitrogens with two attached hydrogens (primary N) is 1. The Morgan fingerprint density at radius 2 is 2.06 bits per heavy atom. The van der Waals surface area contributed by atoms with Crippen LogP contribution in [0.4, 0.5) is 5.95 Å². The Morgan fingerprint density at radius 1 is 1.29 bits per heavy atom. The highest BCUT2D eigenvalue weighted by Crippen LogP contribution is 2.16. The Bertz CT molecular complexity index is 347. The SMILES string of the molecule is CCCOc1nc(N)nc(SCCN(C)C)n1. The van der Waals surface area contributed by atoms with E-state index in [0.29, 0.717) is 17.8 Å². The molecule has 0 aliphatic carbocycles. The largest absolute Gasteiger partial charge is 0.463 e. The fourth-order valence-electron chi connectivity index (χ4n) is 0.995. The van der Waals surface area contributed by atoms with Gasteiger partial charge in [0.25, 0.3) is 0 Å². The second kappa shape index (κ2) is 7.29. The predicted octanol–water partition coefficient (Wildman–Crippen LogP) is 0.896. The lowest BCUT2D eigenvalue weighted by atomic mass is 10.5. The van der Waals surface area contributed by atoms with Crippen molar-refractivity contribution in [1.82, 2.24) is 19.9 Å². The van der Waals surface area contributed by atoms with E-state index in [0.717, 1.165) is 18.7 Å². The van der Waals surface area contributed by atoms with E-state index in [-0.39, 0.29) is 5.95 Å². The summed E-state index contributed by atoms with van der Waals surface area (Å²) >= 11 is 1.55. The average Bonchev–Trinajstić information content (AvgIpc) is 2.25. The van der Waals surface area contributed by atoms with Gasteiger partial charge in [0, 0.05) is 12.3 Å². The van der Waals surface area contributed by atoms with Crippen LogP contribution < -0.4 is 10.5 Å². The fraction of sp³-hybridized carbons (Fsp3) is 0.700. The smallest absolute Gasteiger partial charge is 0.322 e. The lowest BCUT2D eigenvalue weighted by Gasteiger charge is -2.08. The molecular formula is C10H19N5OS. The van der Waals surface area contributed by atoms with Gasteiger partial charge in [-0.25, -0.2) is 0 Å². The summed E-state index contributed by atoms with van der Waals surface area (Å²) in [6, 6.07) is 0.312. The van der Waals surface area contributed by atoms with Crippen LogP contribution in [0.3, 0.4) is 0 Å². The minimum absolute atomic E-state index is 0.207. The summed E-state index contributed by atoms with van der Waals surface area (Å²) < 4.78 is 5.34. The molecule has 0 radical (unpaired) electrons. The molecule has 0 spiro atoms. The molecule has 0 amide bonds. The van der Waals surface area contributed by atoms with Crippen LogP contribution in [0.2, 0.25) is 0 Å². The van der Waals surface area contributed by atoms with E-state index in [1.54, 1.807) is 11.8 Å². The van der Waals surface area contributed by atoms with E-state index >= 15 is 0 Å². The van der Waals surface area contributed by atoms with Gasteiger partial charge in [-0.1, -0.05) is 18.7 Å². The Kier molecular flexibility index (Phi) is 5.99. The van der Waals surface area contributed by atoms with Crippen molar-refractivity contribution in [3.63, 3.8) is 0 Å². The first-order chi connectivity index (χ1) is 8.11. The van der Waals surface area contributed by atoms with E-state index in [2.05, 4.69) is 19.9 Å². The van der Waals surface area contributed by atoms with Gasteiger partial charge in [-0.3, -0.25) is 0 Å². The first-order valence-corrected chi connectivity index (χ1v) is 6.52. The zero-order valence-electron chi connectivity index (χ0n) is 10.5.